The van der Waals surface area contributed by atoms with Gasteiger partial charge in [-0.05, 0) is 48.9 Å². The number of rotatable bonds is 4. The molecule has 112 valence electrons. The molecule has 0 spiro atoms. The van der Waals surface area contributed by atoms with Crippen molar-refractivity contribution >= 4 is 34.6 Å². The lowest BCUT2D eigenvalue weighted by molar-refractivity contribution is 1.35. The minimum Gasteiger partial charge on any atom is -0.349 e. The van der Waals surface area contributed by atoms with Crippen LogP contribution in [0.2, 0.25) is 5.02 Å². The quantitative estimate of drug-likeness (QED) is 0.739. The lowest BCUT2D eigenvalue weighted by Gasteiger charge is -2.16. The third-order valence-corrected chi connectivity index (χ3v) is 4.36. The molecule has 0 heterocycles. The van der Waals surface area contributed by atoms with Crippen molar-refractivity contribution in [2.45, 2.75) is 13.8 Å². The fourth-order valence-corrected chi connectivity index (χ4v) is 2.90. The van der Waals surface area contributed by atoms with Crippen LogP contribution in [0.15, 0.2) is 47.5 Å². The maximum Gasteiger partial charge on any atom is 0.103 e. The summed E-state index contributed by atoms with van der Waals surface area (Å²) in [6.45, 7) is 4.11. The highest BCUT2D eigenvalue weighted by Crippen LogP contribution is 2.30. The van der Waals surface area contributed by atoms with E-state index >= 15 is 0 Å². The van der Waals surface area contributed by atoms with Gasteiger partial charge in [-0.1, -0.05) is 41.9 Å². The van der Waals surface area contributed by atoms with E-state index in [1.165, 1.54) is 11.8 Å². The Kier molecular flexibility index (Phi) is 5.54. The molecule has 0 fully saturated rings. The highest BCUT2D eigenvalue weighted by molar-refractivity contribution is 8.02. The molecular formula is C18H17ClN2S. The van der Waals surface area contributed by atoms with Crippen molar-refractivity contribution in [2.75, 3.05) is 11.6 Å². The Morgan fingerprint density at radius 1 is 1.09 bits per heavy atom. The second-order valence-corrected chi connectivity index (χ2v) is 6.17. The van der Waals surface area contributed by atoms with Gasteiger partial charge >= 0.3 is 0 Å². The van der Waals surface area contributed by atoms with Gasteiger partial charge in [-0.3, -0.25) is 0 Å². The number of benzene rings is 2. The third-order valence-electron chi connectivity index (χ3n) is 3.40. The summed E-state index contributed by atoms with van der Waals surface area (Å²) in [6, 6.07) is 15.8. The van der Waals surface area contributed by atoms with E-state index in [4.69, 9.17) is 11.6 Å². The lowest BCUT2D eigenvalue weighted by atomic mass is 10.1. The number of hydrogen-bond acceptors (Lipinski definition) is 3. The summed E-state index contributed by atoms with van der Waals surface area (Å²) in [6.07, 6.45) is 1.96. The molecule has 0 radical (unpaired) electrons. The first-order chi connectivity index (χ1) is 10.6. The van der Waals surface area contributed by atoms with Crippen LogP contribution >= 0.6 is 23.4 Å². The molecule has 0 amide bonds. The zero-order chi connectivity index (χ0) is 16.1. The standard InChI is InChI=1S/C18H17ClN2S/c1-12-5-4-6-13(2)17(12)21-18(22-3)16(11-20)14-7-9-15(19)10-8-14/h4-10,21H,1-3H3/b18-16+. The van der Waals surface area contributed by atoms with Gasteiger partial charge in [0.2, 0.25) is 0 Å². The molecule has 0 saturated heterocycles. The molecule has 0 saturated carbocycles. The molecule has 0 aliphatic heterocycles. The Balaban J connectivity index is 2.48. The van der Waals surface area contributed by atoms with E-state index in [1.807, 2.05) is 24.5 Å². The maximum atomic E-state index is 9.57. The molecule has 2 aromatic rings. The van der Waals surface area contributed by atoms with Gasteiger partial charge in [0.15, 0.2) is 0 Å². The van der Waals surface area contributed by atoms with Crippen LogP contribution in [0.25, 0.3) is 5.57 Å². The van der Waals surface area contributed by atoms with Gasteiger partial charge < -0.3 is 5.32 Å². The lowest BCUT2D eigenvalue weighted by Crippen LogP contribution is -2.03. The molecule has 0 unspecified atom stereocenters. The topological polar surface area (TPSA) is 35.8 Å². The van der Waals surface area contributed by atoms with Crippen molar-refractivity contribution in [2.24, 2.45) is 0 Å². The fourth-order valence-electron chi connectivity index (χ4n) is 2.20. The largest absolute Gasteiger partial charge is 0.349 e. The van der Waals surface area contributed by atoms with Gasteiger partial charge in [-0.2, -0.15) is 5.26 Å². The average Bonchev–Trinajstić information content (AvgIpc) is 2.51. The summed E-state index contributed by atoms with van der Waals surface area (Å²) in [4.78, 5) is 0. The number of nitrogens with one attached hydrogen (secondary N) is 1. The molecule has 0 bridgehead atoms. The Morgan fingerprint density at radius 3 is 2.18 bits per heavy atom. The van der Waals surface area contributed by atoms with Crippen molar-refractivity contribution in [3.05, 3.63) is 69.2 Å². The van der Waals surface area contributed by atoms with E-state index in [1.54, 1.807) is 12.1 Å². The van der Waals surface area contributed by atoms with Crippen LogP contribution in [0.5, 0.6) is 0 Å². The SMILES string of the molecule is CS/C(Nc1c(C)cccc1C)=C(\C#N)c1ccc(Cl)cc1. The minimum atomic E-state index is 0.617. The first kappa shape index (κ1) is 16.5. The number of nitriles is 1. The Bertz CT molecular complexity index is 722. The average molecular weight is 329 g/mol. The summed E-state index contributed by atoms with van der Waals surface area (Å²) in [5, 5.41) is 14.5. The number of para-hydroxylation sites is 1. The van der Waals surface area contributed by atoms with E-state index in [9.17, 15) is 5.26 Å². The zero-order valence-corrected chi connectivity index (χ0v) is 14.3. The highest BCUT2D eigenvalue weighted by atomic mass is 35.5. The normalized spacial score (nSPS) is 11.6. The Hall–Kier alpha value is -1.89. The summed E-state index contributed by atoms with van der Waals surface area (Å²) < 4.78 is 0. The van der Waals surface area contributed by atoms with E-state index < -0.39 is 0 Å². The smallest absolute Gasteiger partial charge is 0.103 e. The van der Waals surface area contributed by atoms with Crippen molar-refractivity contribution in [3.63, 3.8) is 0 Å². The summed E-state index contributed by atoms with van der Waals surface area (Å²) in [5.41, 5.74) is 4.83. The first-order valence-electron chi connectivity index (χ1n) is 6.84. The van der Waals surface area contributed by atoms with Crippen LogP contribution < -0.4 is 5.32 Å². The number of allylic oxidation sites excluding steroid dienone is 1. The molecule has 4 heteroatoms. The number of nitrogens with zero attached hydrogens (tertiary/aromatic N) is 1. The van der Waals surface area contributed by atoms with Crippen LogP contribution in [0.3, 0.4) is 0 Å². The number of anilines is 1. The predicted molar refractivity (Wildman–Crippen MR) is 97.0 cm³/mol. The van der Waals surface area contributed by atoms with Gasteiger partial charge in [-0.25, -0.2) is 0 Å². The highest BCUT2D eigenvalue weighted by Gasteiger charge is 2.11. The van der Waals surface area contributed by atoms with Gasteiger partial charge in [0.05, 0.1) is 10.6 Å². The van der Waals surface area contributed by atoms with Crippen molar-refractivity contribution in [1.29, 1.82) is 5.26 Å². The van der Waals surface area contributed by atoms with E-state index in [-0.39, 0.29) is 0 Å². The van der Waals surface area contributed by atoms with Gasteiger partial charge in [0, 0.05) is 10.7 Å². The van der Waals surface area contributed by atoms with Gasteiger partial charge in [-0.15, -0.1) is 11.8 Å². The first-order valence-corrected chi connectivity index (χ1v) is 8.44. The zero-order valence-electron chi connectivity index (χ0n) is 12.8. The number of aryl methyl sites for hydroxylation is 2. The van der Waals surface area contributed by atoms with Crippen molar-refractivity contribution in [3.8, 4) is 6.07 Å². The second kappa shape index (κ2) is 7.40. The summed E-state index contributed by atoms with van der Waals surface area (Å²) in [7, 11) is 0. The van der Waals surface area contributed by atoms with Crippen molar-refractivity contribution in [1.82, 2.24) is 0 Å². The minimum absolute atomic E-state index is 0.617. The summed E-state index contributed by atoms with van der Waals surface area (Å²) in [5.74, 6) is 0. The molecule has 1 N–H and O–H groups in total. The molecule has 0 atom stereocenters. The van der Waals surface area contributed by atoms with Crippen LogP contribution in [0, 0.1) is 25.2 Å². The molecule has 2 rings (SSSR count). The molecule has 2 aromatic carbocycles. The van der Waals surface area contributed by atoms with Crippen LogP contribution in [0.1, 0.15) is 16.7 Å². The van der Waals surface area contributed by atoms with Gasteiger partial charge in [0.25, 0.3) is 0 Å². The number of hydrogen-bond donors (Lipinski definition) is 1. The second-order valence-electron chi connectivity index (χ2n) is 4.92. The monoisotopic (exact) mass is 328 g/mol. The van der Waals surface area contributed by atoms with Crippen LogP contribution in [-0.4, -0.2) is 6.26 Å². The molecular weight excluding hydrogens is 312 g/mol. The third kappa shape index (κ3) is 3.65. The van der Waals surface area contributed by atoms with Crippen LogP contribution in [-0.2, 0) is 0 Å². The van der Waals surface area contributed by atoms with E-state index in [0.29, 0.717) is 10.6 Å². The molecule has 0 aromatic heterocycles. The van der Waals surface area contributed by atoms with Crippen LogP contribution in [0.4, 0.5) is 5.69 Å². The molecule has 2 nitrogen and oxygen atoms in total. The number of halogens is 1. The Morgan fingerprint density at radius 2 is 1.68 bits per heavy atom. The van der Waals surface area contributed by atoms with Crippen molar-refractivity contribution < 1.29 is 0 Å². The maximum absolute atomic E-state index is 9.57. The molecule has 22 heavy (non-hydrogen) atoms. The number of thioether (sulfide) groups is 1. The van der Waals surface area contributed by atoms with E-state index in [2.05, 4.69) is 37.4 Å². The van der Waals surface area contributed by atoms with Gasteiger partial charge in [0.1, 0.15) is 6.07 Å². The fraction of sp³-hybridized carbons (Fsp3) is 0.167. The Labute approximate surface area is 140 Å². The molecule has 0 aliphatic rings. The molecule has 0 aliphatic carbocycles. The predicted octanol–water partition coefficient (Wildman–Crippen LogP) is 5.62. The van der Waals surface area contributed by atoms with E-state index in [0.717, 1.165) is 27.4 Å². The summed E-state index contributed by atoms with van der Waals surface area (Å²) >= 11 is 7.45.